The number of thioether (sulfide) groups is 1. The van der Waals surface area contributed by atoms with Crippen LogP contribution < -0.4 is 53.6 Å². The molecular formula is C92H115F3N16O23S. The van der Waals surface area contributed by atoms with Crippen molar-refractivity contribution in [3.05, 3.63) is 173 Å². The first-order valence-electron chi connectivity index (χ1n) is 43.9. The lowest BCUT2D eigenvalue weighted by Crippen LogP contribution is -2.64. The minimum Gasteiger partial charge on any atom is -0.508 e. The number of nitrogens with one attached hydrogen (secondary N) is 10. The fourth-order valence-electron chi connectivity index (χ4n) is 16.0. The van der Waals surface area contributed by atoms with Crippen molar-refractivity contribution in [1.82, 2.24) is 77.3 Å². The number of carboxylic acid groups (broad SMARTS) is 2. The number of ether oxygens (including phenoxy) is 2. The number of likely N-dealkylation sites (N-methyl/N-ethyl adjacent to an activating group) is 3. The maximum atomic E-state index is 15.7. The first-order valence-corrected chi connectivity index (χ1v) is 45.1. The summed E-state index contributed by atoms with van der Waals surface area (Å²) in [6, 6.07) is 6.79. The molecule has 9 rings (SSSR count). The fraction of sp³-hybridized carbons (Fsp3) is 0.467. The Morgan fingerprint density at radius 1 is 0.563 bits per heavy atom. The minimum absolute atomic E-state index is 0.108. The smallest absolute Gasteiger partial charge is 0.305 e. The predicted molar refractivity (Wildman–Crippen MR) is 481 cm³/mol. The number of aliphatic hydroxyl groups is 1. The van der Waals surface area contributed by atoms with Gasteiger partial charge in [-0.2, -0.15) is 0 Å². The molecule has 3 fully saturated rings. The molecular weight excluding hydrogens is 1790 g/mol. The van der Waals surface area contributed by atoms with Crippen molar-refractivity contribution >= 4 is 123 Å². The summed E-state index contributed by atoms with van der Waals surface area (Å²) >= 11 is 0.628. The number of aromatic nitrogens is 1. The number of morpholine rings is 1. The molecule has 0 unspecified atom stereocenters. The molecule has 0 bridgehead atoms. The Morgan fingerprint density at radius 3 is 1.74 bits per heavy atom. The Labute approximate surface area is 779 Å². The second-order valence-corrected chi connectivity index (χ2v) is 34.7. The molecule has 1 aromatic heterocycles. The van der Waals surface area contributed by atoms with Crippen LogP contribution >= 0.6 is 11.8 Å². The van der Waals surface area contributed by atoms with Gasteiger partial charge in [0.05, 0.1) is 38.0 Å². The Kier molecular flexibility index (Phi) is 38.9. The Hall–Kier alpha value is -13.6. The summed E-state index contributed by atoms with van der Waals surface area (Å²) in [6.07, 6.45) is -5.22. The molecule has 728 valence electrons. The van der Waals surface area contributed by atoms with E-state index >= 15 is 51.9 Å². The average molecular weight is 1900 g/mol. The molecule has 3 aliphatic rings. The number of aromatic amines is 1. The lowest BCUT2D eigenvalue weighted by Gasteiger charge is -2.40. The van der Waals surface area contributed by atoms with Gasteiger partial charge in [0.25, 0.3) is 0 Å². The van der Waals surface area contributed by atoms with Gasteiger partial charge in [0.1, 0.15) is 84.3 Å². The van der Waals surface area contributed by atoms with Crippen LogP contribution in [-0.2, 0) is 123 Å². The summed E-state index contributed by atoms with van der Waals surface area (Å²) in [5, 5.41) is 65.8. The van der Waals surface area contributed by atoms with E-state index in [1.165, 1.54) is 59.3 Å². The SMILES string of the molecule is CCCC[C@H]1C(=O)N2CCOC[C@@H]2C(=O)N[C@@H](CC(=O)O)C(=O)N[C@@H](C(C)C)C(=O)N(C)[C@@H](Cc2ccccc2)C(=O)N[C@H](CCC(=O)O)C(=O)N2C[C@H](O)C[C@@H]2C(=O)N[C@@H](Cc2c[nH]c3ccccc23)C(=O)N[C@@H](Cc2ccc(O)cc2)C(=O)N[C@@H](CCOC)C(=O)N[C@H](C(=O)NCC(N)=O)CSCC(=O)N[C@H](Cc2cc(F)c(F)c(F)c2)C(=O)N(C)[C@@H](Cc2ccccc2)C(=O)N1C. The average Bonchev–Trinajstić information content (AvgIpc) is 1.54. The van der Waals surface area contributed by atoms with Crippen LogP contribution in [0.25, 0.3) is 10.9 Å². The van der Waals surface area contributed by atoms with Gasteiger partial charge in [0.15, 0.2) is 17.5 Å². The number of aliphatic carboxylic acids is 2. The number of para-hydroxylation sites is 1. The van der Waals surface area contributed by atoms with Crippen LogP contribution in [0.5, 0.6) is 5.75 Å². The summed E-state index contributed by atoms with van der Waals surface area (Å²) in [5.74, 6) is -27.0. The topological polar surface area (TPSA) is 556 Å². The molecule has 3 aliphatic heterocycles. The second-order valence-electron chi connectivity index (χ2n) is 33.7. The number of fused-ring (bicyclic) bond motifs is 3. The third-order valence-corrected chi connectivity index (χ3v) is 24.5. The highest BCUT2D eigenvalue weighted by atomic mass is 32.2. The number of benzene rings is 5. The van der Waals surface area contributed by atoms with Gasteiger partial charge in [0.2, 0.25) is 88.6 Å². The monoisotopic (exact) mass is 1900 g/mol. The number of H-pyrrole nitrogens is 1. The molecule has 0 aliphatic carbocycles. The zero-order valence-electron chi connectivity index (χ0n) is 75.5. The molecule has 0 saturated carbocycles. The van der Waals surface area contributed by atoms with Crippen molar-refractivity contribution in [2.45, 2.75) is 189 Å². The van der Waals surface area contributed by atoms with Crippen LogP contribution in [-0.4, -0.2) is 314 Å². The number of hydrogen-bond donors (Lipinski definition) is 15. The van der Waals surface area contributed by atoms with Gasteiger partial charge in [-0.05, 0) is 83.3 Å². The van der Waals surface area contributed by atoms with Crippen molar-refractivity contribution < 1.29 is 125 Å². The van der Waals surface area contributed by atoms with Crippen LogP contribution in [0.2, 0.25) is 0 Å². The van der Waals surface area contributed by atoms with Crippen molar-refractivity contribution in [3.63, 3.8) is 0 Å². The van der Waals surface area contributed by atoms with Gasteiger partial charge in [-0.25, -0.2) is 13.2 Å². The van der Waals surface area contributed by atoms with Crippen LogP contribution in [0.15, 0.2) is 128 Å². The molecule has 43 heteroatoms. The summed E-state index contributed by atoms with van der Waals surface area (Å²) < 4.78 is 56.2. The van der Waals surface area contributed by atoms with Crippen molar-refractivity contribution in [2.24, 2.45) is 11.7 Å². The highest BCUT2D eigenvalue weighted by Gasteiger charge is 2.47. The maximum Gasteiger partial charge on any atom is 0.305 e. The standard InChI is InChI=1S/C92H115F3N16O23S/c1-8-9-24-69-91(131)110-32-34-134-47-73(110)87(127)104-66(43-77(118)119)84(124)106-79(50(2)3)92(132)108(5)70(39-51-18-12-10-13-19-51)85(125)101-63(29-30-76(116)117)89(129)111-46-57(113)42-71(111)86(126)103-65(41-55-44-97-61-23-17-16-22-58(55)61)83(123)102-64(37-53-25-27-56(112)28-26-53)82(122)100-62(31-33-133-7)81(121)105-68(80(120)98-45-74(96)114)48-135-49-75(115)99-67(38-54-35-59(93)78(95)60(94)36-54)88(128)109(6)72(90(130)107(69)4)40-52-20-14-11-15-21-52/h10-23,25-28,35-36,44,50,57,62-73,79,97,112-113H,8-9,24,29-34,37-43,45-49H2,1-7H3,(H2,96,114)(H,98,120)(H,99,115)(H,100,122)(H,101,125)(H,102,123)(H,103,126)(H,104,127)(H,105,121)(H,106,124)(H,116,117)(H,118,119)/t57-,62+,63-,64+,65+,66+,67-,68+,69+,70+,71-,72+,73-,79+/m1/s1. The first kappa shape index (κ1) is 105. The van der Waals surface area contributed by atoms with E-state index in [1.807, 2.05) is 0 Å². The molecule has 135 heavy (non-hydrogen) atoms. The zero-order chi connectivity index (χ0) is 98.6. The normalized spacial score (nSPS) is 24.0. The van der Waals surface area contributed by atoms with Gasteiger partial charge in [-0.3, -0.25) is 81.5 Å². The van der Waals surface area contributed by atoms with Crippen molar-refractivity contribution in [1.29, 1.82) is 0 Å². The van der Waals surface area contributed by atoms with Gasteiger partial charge in [-0.15, -0.1) is 11.8 Å². The van der Waals surface area contributed by atoms with E-state index in [1.54, 1.807) is 98.0 Å². The number of hydrogen-bond acceptors (Lipinski definition) is 22. The highest BCUT2D eigenvalue weighted by Crippen LogP contribution is 2.28. The quantitative estimate of drug-likeness (QED) is 0.0333. The molecule has 5 aromatic carbocycles. The Morgan fingerprint density at radius 2 is 1.12 bits per heavy atom. The first-order chi connectivity index (χ1) is 64.2. The fourth-order valence-corrected chi connectivity index (χ4v) is 16.9. The number of nitrogens with zero attached hydrogens (tertiary/aromatic N) is 5. The minimum atomic E-state index is -2.05. The number of aliphatic hydroxyl groups excluding tert-OH is 1. The number of phenolic OH excluding ortho intramolecular Hbond substituents is 1. The number of rotatable bonds is 25. The molecule has 0 radical (unpaired) electrons. The maximum absolute atomic E-state index is 15.7. The van der Waals surface area contributed by atoms with Crippen LogP contribution in [0.3, 0.4) is 0 Å². The zero-order valence-corrected chi connectivity index (χ0v) is 76.4. The summed E-state index contributed by atoms with van der Waals surface area (Å²) in [7, 11) is 4.85. The molecule has 15 amide bonds. The molecule has 39 nitrogen and oxygen atoms in total. The van der Waals surface area contributed by atoms with Gasteiger partial charge in [0, 0.05) is 116 Å². The molecule has 16 N–H and O–H groups in total. The van der Waals surface area contributed by atoms with Crippen molar-refractivity contribution in [2.75, 3.05) is 79.2 Å². The van der Waals surface area contributed by atoms with Crippen molar-refractivity contribution in [3.8, 4) is 5.75 Å². The Balaban J connectivity index is 1.14. The second kappa shape index (κ2) is 50.0. The lowest BCUT2D eigenvalue weighted by molar-refractivity contribution is -0.158. The van der Waals surface area contributed by atoms with E-state index in [2.05, 4.69) is 52.8 Å². The number of methoxy groups -OCH3 is 1. The van der Waals surface area contributed by atoms with Crippen LogP contribution in [0.4, 0.5) is 13.2 Å². The van der Waals surface area contributed by atoms with Crippen LogP contribution in [0.1, 0.15) is 100.0 Å². The third kappa shape index (κ3) is 29.5. The van der Waals surface area contributed by atoms with Gasteiger partial charge < -0.3 is 113 Å². The number of phenols is 1. The summed E-state index contributed by atoms with van der Waals surface area (Å²) in [5.41, 5.74) is 7.15. The number of carbonyl (C=O) groups is 17. The summed E-state index contributed by atoms with van der Waals surface area (Å²) in [6.45, 7) is 1.92. The number of carbonyl (C=O) groups excluding carboxylic acids is 15. The van der Waals surface area contributed by atoms with E-state index < -0.39 is 278 Å². The number of primary amides is 1. The van der Waals surface area contributed by atoms with E-state index in [4.69, 9.17) is 15.2 Å². The summed E-state index contributed by atoms with van der Waals surface area (Å²) in [4.78, 5) is 258. The van der Waals surface area contributed by atoms with E-state index in [-0.39, 0.29) is 75.2 Å². The number of halogens is 3. The van der Waals surface area contributed by atoms with E-state index in [0.29, 0.717) is 57.9 Å². The number of amides is 15. The van der Waals surface area contributed by atoms with Crippen LogP contribution in [0, 0.1) is 23.4 Å². The van der Waals surface area contributed by atoms with Gasteiger partial charge in [-0.1, -0.05) is 125 Å². The highest BCUT2D eigenvalue weighted by molar-refractivity contribution is 8.00. The van der Waals surface area contributed by atoms with E-state index in [0.717, 1.165) is 31.5 Å². The molecule has 3 saturated heterocycles. The largest absolute Gasteiger partial charge is 0.508 e. The number of carboxylic acids is 2. The van der Waals surface area contributed by atoms with Gasteiger partial charge >= 0.3 is 11.9 Å². The molecule has 6 aromatic rings. The lowest BCUT2D eigenvalue weighted by atomic mass is 9.98. The molecule has 0 spiro atoms. The predicted octanol–water partition coefficient (Wildman–Crippen LogP) is -0.0768. The number of nitrogens with two attached hydrogens (primary N) is 1. The molecule has 4 heterocycles. The molecule has 14 atom stereocenters. The van der Waals surface area contributed by atoms with E-state index in [9.17, 15) is 63.2 Å². The third-order valence-electron chi connectivity index (χ3n) is 23.5. The number of aromatic hydroxyl groups is 1. The Bertz CT molecular complexity index is 5240. The number of unbranched alkanes of at least 4 members (excludes halogenated alkanes) is 1.